The van der Waals surface area contributed by atoms with Crippen LogP contribution in [0.1, 0.15) is 25.7 Å². The van der Waals surface area contributed by atoms with E-state index in [-0.39, 0.29) is 12.6 Å². The van der Waals surface area contributed by atoms with Crippen LogP contribution in [0, 0.1) is 17.8 Å². The molecule has 1 saturated heterocycles. The minimum Gasteiger partial charge on any atom is -0.395 e. The molecule has 1 N–H and O–H groups in total. The molecule has 92 valence electrons. The Kier molecular flexibility index (Phi) is 3.18. The lowest BCUT2D eigenvalue weighted by Gasteiger charge is -2.37. The Morgan fingerprint density at radius 1 is 1.25 bits per heavy atom. The molecule has 4 atom stereocenters. The van der Waals surface area contributed by atoms with Gasteiger partial charge in [-0.1, -0.05) is 6.42 Å². The van der Waals surface area contributed by atoms with E-state index in [1.807, 2.05) is 0 Å². The number of aliphatic hydroxyl groups is 1. The van der Waals surface area contributed by atoms with Gasteiger partial charge in [0.2, 0.25) is 0 Å². The van der Waals surface area contributed by atoms with Gasteiger partial charge in [-0.25, -0.2) is 0 Å². The molecule has 0 amide bonds. The van der Waals surface area contributed by atoms with Crippen LogP contribution in [-0.4, -0.2) is 49.0 Å². The Morgan fingerprint density at radius 2 is 2.19 bits per heavy atom. The van der Waals surface area contributed by atoms with Gasteiger partial charge in [-0.3, -0.25) is 4.90 Å². The number of hydrogen-bond acceptors (Lipinski definition) is 3. The van der Waals surface area contributed by atoms with Crippen LogP contribution in [0.2, 0.25) is 0 Å². The third kappa shape index (κ3) is 2.01. The monoisotopic (exact) mass is 225 g/mol. The predicted octanol–water partition coefficient (Wildman–Crippen LogP) is 1.12. The van der Waals surface area contributed by atoms with Gasteiger partial charge in [0.1, 0.15) is 0 Å². The van der Waals surface area contributed by atoms with Crippen LogP contribution < -0.4 is 0 Å². The summed E-state index contributed by atoms with van der Waals surface area (Å²) >= 11 is 0. The van der Waals surface area contributed by atoms with Crippen LogP contribution in [-0.2, 0) is 4.74 Å². The molecule has 0 aromatic rings. The van der Waals surface area contributed by atoms with E-state index in [2.05, 4.69) is 4.90 Å². The normalized spacial score (nSPS) is 44.1. The lowest BCUT2D eigenvalue weighted by Crippen LogP contribution is -2.49. The molecular weight excluding hydrogens is 202 g/mol. The summed E-state index contributed by atoms with van der Waals surface area (Å²) in [7, 11) is 0. The van der Waals surface area contributed by atoms with Crippen LogP contribution in [0.15, 0.2) is 0 Å². The van der Waals surface area contributed by atoms with Gasteiger partial charge in [0.15, 0.2) is 0 Å². The van der Waals surface area contributed by atoms with Gasteiger partial charge in [-0.15, -0.1) is 0 Å². The Bertz CT molecular complexity index is 246. The van der Waals surface area contributed by atoms with E-state index in [0.717, 1.165) is 37.5 Å². The lowest BCUT2D eigenvalue weighted by molar-refractivity contribution is -0.0365. The molecule has 3 nitrogen and oxygen atoms in total. The molecular formula is C13H23NO2. The highest BCUT2D eigenvalue weighted by atomic mass is 16.5. The molecule has 3 heteroatoms. The van der Waals surface area contributed by atoms with E-state index in [1.165, 1.54) is 32.2 Å². The molecule has 2 aliphatic carbocycles. The van der Waals surface area contributed by atoms with E-state index in [4.69, 9.17) is 4.74 Å². The van der Waals surface area contributed by atoms with Gasteiger partial charge in [-0.2, -0.15) is 0 Å². The summed E-state index contributed by atoms with van der Waals surface area (Å²) in [4.78, 5) is 2.47. The van der Waals surface area contributed by atoms with E-state index in [1.54, 1.807) is 0 Å². The minimum atomic E-state index is 0.251. The maximum Gasteiger partial charge on any atom is 0.0644 e. The number of hydrogen-bond donors (Lipinski definition) is 1. The number of ether oxygens (including phenoxy) is 1. The van der Waals surface area contributed by atoms with E-state index >= 15 is 0 Å². The van der Waals surface area contributed by atoms with Crippen molar-refractivity contribution < 1.29 is 9.84 Å². The van der Waals surface area contributed by atoms with Crippen molar-refractivity contribution in [1.29, 1.82) is 0 Å². The summed E-state index contributed by atoms with van der Waals surface area (Å²) in [5, 5.41) is 9.35. The molecule has 4 unspecified atom stereocenters. The van der Waals surface area contributed by atoms with Crippen LogP contribution in [0.25, 0.3) is 0 Å². The maximum atomic E-state index is 9.35. The van der Waals surface area contributed by atoms with Crippen LogP contribution >= 0.6 is 0 Å². The molecule has 16 heavy (non-hydrogen) atoms. The molecule has 1 aliphatic heterocycles. The quantitative estimate of drug-likeness (QED) is 0.781. The second-order valence-electron chi connectivity index (χ2n) is 5.84. The average molecular weight is 225 g/mol. The fourth-order valence-corrected chi connectivity index (χ4v) is 4.00. The Balaban J connectivity index is 1.56. The Hall–Kier alpha value is -0.120. The van der Waals surface area contributed by atoms with Gasteiger partial charge in [-0.05, 0) is 37.0 Å². The van der Waals surface area contributed by atoms with Gasteiger partial charge >= 0.3 is 0 Å². The van der Waals surface area contributed by atoms with Crippen LogP contribution in [0.3, 0.4) is 0 Å². The van der Waals surface area contributed by atoms with Gasteiger partial charge in [0.25, 0.3) is 0 Å². The standard InChI is InChI=1S/C13H23NO2/c15-8-13-9-16-4-3-14(13)7-12-6-10-1-2-11(12)5-10/h10-13,15H,1-9H2. The van der Waals surface area contributed by atoms with Crippen molar-refractivity contribution >= 4 is 0 Å². The molecule has 2 saturated carbocycles. The summed E-state index contributed by atoms with van der Waals surface area (Å²) in [5.74, 6) is 2.93. The number of nitrogens with zero attached hydrogens (tertiary/aromatic N) is 1. The molecule has 3 aliphatic rings. The van der Waals surface area contributed by atoms with Crippen LogP contribution in [0.5, 0.6) is 0 Å². The molecule has 0 aromatic carbocycles. The Labute approximate surface area is 97.8 Å². The first-order valence-electron chi connectivity index (χ1n) is 6.79. The molecule has 1 heterocycles. The number of fused-ring (bicyclic) bond motifs is 2. The van der Waals surface area contributed by atoms with Gasteiger partial charge < -0.3 is 9.84 Å². The number of aliphatic hydroxyl groups excluding tert-OH is 1. The highest BCUT2D eigenvalue weighted by molar-refractivity contribution is 4.92. The summed E-state index contributed by atoms with van der Waals surface area (Å²) in [6.07, 6.45) is 5.87. The summed E-state index contributed by atoms with van der Waals surface area (Å²) < 4.78 is 5.43. The third-order valence-corrected chi connectivity index (χ3v) is 4.91. The Morgan fingerprint density at radius 3 is 2.88 bits per heavy atom. The van der Waals surface area contributed by atoms with Gasteiger partial charge in [0, 0.05) is 13.1 Å². The van der Waals surface area contributed by atoms with Crippen molar-refractivity contribution in [2.75, 3.05) is 32.9 Å². The summed E-state index contributed by atoms with van der Waals surface area (Å²) in [6, 6.07) is 0.257. The topological polar surface area (TPSA) is 32.7 Å². The van der Waals surface area contributed by atoms with Crippen LogP contribution in [0.4, 0.5) is 0 Å². The lowest BCUT2D eigenvalue weighted by atomic mass is 9.88. The second kappa shape index (κ2) is 4.63. The van der Waals surface area contributed by atoms with Crippen molar-refractivity contribution in [1.82, 2.24) is 4.90 Å². The molecule has 3 rings (SSSR count). The summed E-state index contributed by atoms with van der Waals surface area (Å²) in [6.45, 7) is 4.03. The second-order valence-corrected chi connectivity index (χ2v) is 5.84. The van der Waals surface area contributed by atoms with E-state index in [0.29, 0.717) is 0 Å². The molecule has 3 fully saturated rings. The SMILES string of the molecule is OCC1COCCN1CC1CC2CCC1C2. The first kappa shape index (κ1) is 11.0. The van der Waals surface area contributed by atoms with Crippen molar-refractivity contribution in [2.45, 2.75) is 31.7 Å². The zero-order chi connectivity index (χ0) is 11.0. The van der Waals surface area contributed by atoms with Crippen molar-refractivity contribution in [3.05, 3.63) is 0 Å². The number of morpholine rings is 1. The first-order chi connectivity index (χ1) is 7.86. The fraction of sp³-hybridized carbons (Fsp3) is 1.00. The fourth-order valence-electron chi connectivity index (χ4n) is 4.00. The number of rotatable bonds is 3. The summed E-state index contributed by atoms with van der Waals surface area (Å²) in [5.41, 5.74) is 0. The van der Waals surface area contributed by atoms with E-state index in [9.17, 15) is 5.11 Å². The van der Waals surface area contributed by atoms with Gasteiger partial charge in [0.05, 0.1) is 25.9 Å². The first-order valence-corrected chi connectivity index (χ1v) is 6.79. The molecule has 2 bridgehead atoms. The minimum absolute atomic E-state index is 0.251. The predicted molar refractivity (Wildman–Crippen MR) is 62.2 cm³/mol. The van der Waals surface area contributed by atoms with Crippen molar-refractivity contribution in [2.24, 2.45) is 17.8 Å². The largest absolute Gasteiger partial charge is 0.395 e. The highest BCUT2D eigenvalue weighted by Crippen LogP contribution is 2.48. The zero-order valence-electron chi connectivity index (χ0n) is 9.98. The highest BCUT2D eigenvalue weighted by Gasteiger charge is 2.40. The zero-order valence-corrected chi connectivity index (χ0v) is 9.98. The van der Waals surface area contributed by atoms with E-state index < -0.39 is 0 Å². The van der Waals surface area contributed by atoms with Crippen molar-refractivity contribution in [3.8, 4) is 0 Å². The molecule has 0 aromatic heterocycles. The maximum absolute atomic E-state index is 9.35. The average Bonchev–Trinajstić information content (AvgIpc) is 2.92. The van der Waals surface area contributed by atoms with Crippen molar-refractivity contribution in [3.63, 3.8) is 0 Å². The smallest absolute Gasteiger partial charge is 0.0644 e. The molecule has 0 spiro atoms. The third-order valence-electron chi connectivity index (χ3n) is 4.91. The molecule has 0 radical (unpaired) electrons.